The number of allylic oxidation sites excluding steroid dienone is 1. The Morgan fingerprint density at radius 3 is 2.30 bits per heavy atom. The van der Waals surface area contributed by atoms with E-state index in [2.05, 4.69) is 62.4 Å². The summed E-state index contributed by atoms with van der Waals surface area (Å²) in [6.45, 7) is 14.1. The monoisotopic (exact) mass is 710 g/mol. The van der Waals surface area contributed by atoms with E-state index >= 15 is 0 Å². The zero-order chi connectivity index (χ0) is 33.5. The lowest BCUT2D eigenvalue weighted by molar-refractivity contribution is 0.0696. The van der Waals surface area contributed by atoms with Crippen LogP contribution < -0.4 is 20.1 Å². The summed E-state index contributed by atoms with van der Waals surface area (Å²) in [4.78, 5) is 17.9. The maximum Gasteiger partial charge on any atom is 0.337 e. The largest absolute Gasteiger partial charge is 0.478 e. The number of fused-ring (bicyclic) bond motifs is 6. The van der Waals surface area contributed by atoms with Crippen molar-refractivity contribution in [1.29, 1.82) is 0 Å². The van der Waals surface area contributed by atoms with Gasteiger partial charge in [-0.25, -0.2) is 4.79 Å². The number of nitrogens with zero attached hydrogens (tertiary/aromatic N) is 2. The molecule has 0 aliphatic carbocycles. The summed E-state index contributed by atoms with van der Waals surface area (Å²) in [5.74, 6) is 0.200. The lowest BCUT2D eigenvalue weighted by Gasteiger charge is -2.36. The molecule has 0 saturated carbocycles. The van der Waals surface area contributed by atoms with Crippen LogP contribution in [0.3, 0.4) is 0 Å². The molecule has 47 heavy (non-hydrogen) atoms. The van der Waals surface area contributed by atoms with E-state index in [0.717, 1.165) is 109 Å². The van der Waals surface area contributed by atoms with Crippen LogP contribution in [0.4, 0.5) is 5.69 Å². The van der Waals surface area contributed by atoms with Gasteiger partial charge >= 0.3 is 5.97 Å². The molecule has 0 saturated heterocycles. The van der Waals surface area contributed by atoms with Crippen molar-refractivity contribution in [3.05, 3.63) is 87.7 Å². The number of carboxylic acids is 1. The average Bonchev–Trinajstić information content (AvgIpc) is 3.24. The van der Waals surface area contributed by atoms with Crippen molar-refractivity contribution in [3.8, 4) is 11.5 Å². The molecule has 5 nitrogen and oxygen atoms in total. The zero-order valence-corrected chi connectivity index (χ0v) is 30.2. The number of benzene rings is 3. The topological polar surface area (TPSA) is 53.0 Å². The molecule has 0 atom stereocenters. The van der Waals surface area contributed by atoms with Crippen molar-refractivity contribution in [2.24, 2.45) is 0 Å². The van der Waals surface area contributed by atoms with Gasteiger partial charge in [-0.2, -0.15) is 0 Å². The Bertz CT molecular complexity index is 2030. The quantitative estimate of drug-likeness (QED) is 0.166. The van der Waals surface area contributed by atoms with E-state index in [0.29, 0.717) is 11.3 Å². The molecule has 9 heteroatoms. The van der Waals surface area contributed by atoms with Crippen molar-refractivity contribution in [2.75, 3.05) is 31.6 Å². The minimum absolute atomic E-state index is 0.0205. The summed E-state index contributed by atoms with van der Waals surface area (Å²) in [7, 11) is 2.16. The molecule has 3 aromatic rings. The SMILES string of the molecule is C=c1c2cc3c(c1CCCN(C)C(C)(C)C=C2C)Oc1c(cc2c4c1CCCN4CCCC2)C=3c1c(Cl)c(Cl)c(Cl)c(Cl)c1C(=O)O. The highest BCUT2D eigenvalue weighted by Gasteiger charge is 2.36. The smallest absolute Gasteiger partial charge is 0.337 e. The second-order valence-electron chi connectivity index (χ2n) is 13.8. The standard InChI is InChI=1S/C38H38Cl4N2O3/c1-19-18-38(3,4)43(5)13-8-11-22-20(2)24(19)17-26-27(28-29(37(45)46)31(40)33(42)32(41)30(28)39)25-16-21-10-6-7-14-44-15-9-12-23(34(21)44)36(25)47-35(22)26/h16-18H,2,6-15H2,1,3-5H3,(H,45,46). The van der Waals surface area contributed by atoms with Crippen LogP contribution in [-0.2, 0) is 19.3 Å². The van der Waals surface area contributed by atoms with Crippen LogP contribution in [0.25, 0.3) is 17.7 Å². The van der Waals surface area contributed by atoms with Gasteiger partial charge in [-0.3, -0.25) is 4.90 Å². The summed E-state index contributed by atoms with van der Waals surface area (Å²) in [5.41, 5.74) is 8.06. The van der Waals surface area contributed by atoms with Crippen LogP contribution in [0.1, 0.15) is 90.2 Å². The predicted octanol–water partition coefficient (Wildman–Crippen LogP) is 8.91. The number of carbonyl (C=O) groups is 1. The van der Waals surface area contributed by atoms with Crippen LogP contribution in [0, 0.1) is 0 Å². The van der Waals surface area contributed by atoms with E-state index in [4.69, 9.17) is 51.1 Å². The van der Waals surface area contributed by atoms with Crippen LogP contribution in [-0.4, -0.2) is 48.2 Å². The summed E-state index contributed by atoms with van der Waals surface area (Å²) in [6, 6.07) is 4.28. The summed E-state index contributed by atoms with van der Waals surface area (Å²) in [6.07, 6.45) is 8.88. The van der Waals surface area contributed by atoms with Gasteiger partial charge < -0.3 is 14.7 Å². The minimum Gasteiger partial charge on any atom is -0.478 e. The molecule has 0 amide bonds. The molecule has 2 bridgehead atoms. The molecule has 4 aliphatic rings. The molecule has 1 N–H and O–H groups in total. The Hall–Kier alpha value is -2.67. The molecule has 4 aliphatic heterocycles. The zero-order valence-electron chi connectivity index (χ0n) is 27.2. The first-order valence-corrected chi connectivity index (χ1v) is 17.8. The highest BCUT2D eigenvalue weighted by molar-refractivity contribution is 6.53. The molecule has 0 unspecified atom stereocenters. The Morgan fingerprint density at radius 1 is 0.872 bits per heavy atom. The summed E-state index contributed by atoms with van der Waals surface area (Å²) in [5, 5.41) is 12.2. The first-order valence-electron chi connectivity index (χ1n) is 16.3. The van der Waals surface area contributed by atoms with Gasteiger partial charge in [0.2, 0.25) is 0 Å². The van der Waals surface area contributed by atoms with Crippen LogP contribution in [0.2, 0.25) is 20.1 Å². The molecule has 0 radical (unpaired) electrons. The van der Waals surface area contributed by atoms with Gasteiger partial charge in [0, 0.05) is 57.4 Å². The second kappa shape index (κ2) is 12.0. The van der Waals surface area contributed by atoms with E-state index in [9.17, 15) is 9.90 Å². The number of anilines is 1. The lowest BCUT2D eigenvalue weighted by atomic mass is 9.82. The second-order valence-corrected chi connectivity index (χ2v) is 15.4. The van der Waals surface area contributed by atoms with E-state index in [1.165, 1.54) is 11.3 Å². The molecule has 0 spiro atoms. The number of rotatable bonds is 2. The summed E-state index contributed by atoms with van der Waals surface area (Å²) < 4.78 is 7.12. The third-order valence-corrected chi connectivity index (χ3v) is 12.4. The van der Waals surface area contributed by atoms with Gasteiger partial charge in [0.25, 0.3) is 0 Å². The Balaban J connectivity index is 1.70. The molecular weight excluding hydrogens is 674 g/mol. The van der Waals surface area contributed by atoms with Gasteiger partial charge in [-0.1, -0.05) is 59.1 Å². The molecule has 4 heterocycles. The number of hydrogen-bond donors (Lipinski definition) is 1. The number of aromatic carboxylic acids is 1. The van der Waals surface area contributed by atoms with Crippen molar-refractivity contribution in [1.82, 2.24) is 4.90 Å². The molecule has 7 rings (SSSR count). The number of halogens is 4. The van der Waals surface area contributed by atoms with Crippen molar-refractivity contribution in [2.45, 2.75) is 71.3 Å². The Morgan fingerprint density at radius 2 is 1.55 bits per heavy atom. The minimum atomic E-state index is -1.24. The highest BCUT2D eigenvalue weighted by atomic mass is 35.5. The van der Waals surface area contributed by atoms with E-state index in [1.807, 2.05) is 0 Å². The van der Waals surface area contributed by atoms with Crippen molar-refractivity contribution >= 4 is 75.8 Å². The fourth-order valence-electron chi connectivity index (χ4n) is 8.05. The molecule has 0 fully saturated rings. The third kappa shape index (κ3) is 5.20. The summed E-state index contributed by atoms with van der Waals surface area (Å²) >= 11 is 27.0. The van der Waals surface area contributed by atoms with Crippen molar-refractivity contribution < 1.29 is 14.6 Å². The fourth-order valence-corrected chi connectivity index (χ4v) is 9.08. The van der Waals surface area contributed by atoms with Crippen LogP contribution in [0.15, 0.2) is 18.2 Å². The normalized spacial score (nSPS) is 18.8. The Labute approximate surface area is 296 Å². The predicted molar refractivity (Wildman–Crippen MR) is 195 cm³/mol. The maximum atomic E-state index is 13.1. The molecule has 0 aromatic heterocycles. The van der Waals surface area contributed by atoms with E-state index < -0.39 is 5.97 Å². The molecular formula is C38H38Cl4N2O3. The van der Waals surface area contributed by atoms with Gasteiger partial charge in [0.05, 0.1) is 25.7 Å². The number of carboxylic acid groups (broad SMARTS) is 1. The first kappa shape index (κ1) is 32.9. The molecule has 3 aromatic carbocycles. The number of hydrogen-bond acceptors (Lipinski definition) is 4. The fraction of sp³-hybridized carbons (Fsp3) is 0.395. The van der Waals surface area contributed by atoms with Gasteiger partial charge in [0.15, 0.2) is 0 Å². The van der Waals surface area contributed by atoms with Gasteiger partial charge in [0.1, 0.15) is 11.5 Å². The number of ether oxygens (including phenoxy) is 1. The molecule has 246 valence electrons. The van der Waals surface area contributed by atoms with E-state index in [-0.39, 0.29) is 36.8 Å². The third-order valence-electron chi connectivity index (χ3n) is 10.6. The van der Waals surface area contributed by atoms with Gasteiger partial charge in [-0.15, -0.1) is 0 Å². The first-order chi connectivity index (χ1) is 22.3. The maximum absolute atomic E-state index is 13.1. The average molecular weight is 713 g/mol. The van der Waals surface area contributed by atoms with E-state index in [1.54, 1.807) is 0 Å². The number of likely N-dealkylation sites (N-methyl/N-ethyl adjacent to an activating group) is 1. The van der Waals surface area contributed by atoms with Crippen molar-refractivity contribution in [3.63, 3.8) is 0 Å². The Kier molecular flexibility index (Phi) is 8.41. The van der Waals surface area contributed by atoms with Crippen LogP contribution in [0.5, 0.6) is 11.5 Å². The lowest BCUT2D eigenvalue weighted by Crippen LogP contribution is -2.41. The highest BCUT2D eigenvalue weighted by Crippen LogP contribution is 2.52. The van der Waals surface area contributed by atoms with Gasteiger partial charge in [-0.05, 0) is 113 Å². The number of aryl methyl sites for hydroxylation is 1. The van der Waals surface area contributed by atoms with Crippen LogP contribution >= 0.6 is 46.4 Å².